The van der Waals surface area contributed by atoms with Crippen molar-refractivity contribution >= 4 is 11.3 Å². The lowest BCUT2D eigenvalue weighted by Crippen LogP contribution is -2.60. The summed E-state index contributed by atoms with van der Waals surface area (Å²) < 4.78 is 0. The first-order chi connectivity index (χ1) is 7.55. The fraction of sp³-hybridized carbons (Fsp3) is 0.692. The van der Waals surface area contributed by atoms with Crippen LogP contribution in [0.3, 0.4) is 0 Å². The zero-order valence-corrected chi connectivity index (χ0v) is 11.1. The van der Waals surface area contributed by atoms with Crippen LogP contribution in [0.1, 0.15) is 44.5 Å². The molecule has 1 heterocycles. The highest BCUT2D eigenvalue weighted by Gasteiger charge is 2.47. The third-order valence-electron chi connectivity index (χ3n) is 3.91. The summed E-state index contributed by atoms with van der Waals surface area (Å²) in [6.45, 7) is 6.49. The molecule has 1 aliphatic carbocycles. The molecule has 3 unspecified atom stereocenters. The largest absolute Gasteiger partial charge is 0.392 e. The van der Waals surface area contributed by atoms with E-state index >= 15 is 0 Å². The molecular weight excluding hydrogens is 218 g/mol. The van der Waals surface area contributed by atoms with E-state index in [4.69, 9.17) is 0 Å². The van der Waals surface area contributed by atoms with E-state index < -0.39 is 0 Å². The summed E-state index contributed by atoms with van der Waals surface area (Å²) in [7, 11) is 0. The highest BCUT2D eigenvalue weighted by atomic mass is 32.1. The normalized spacial score (nSPS) is 29.8. The van der Waals surface area contributed by atoms with Gasteiger partial charge in [-0.05, 0) is 24.3 Å². The predicted molar refractivity (Wildman–Crippen MR) is 68.7 cm³/mol. The average Bonchev–Trinajstić information content (AvgIpc) is 2.77. The van der Waals surface area contributed by atoms with Crippen molar-refractivity contribution in [2.75, 3.05) is 0 Å². The number of nitrogens with one attached hydrogen (secondary N) is 1. The van der Waals surface area contributed by atoms with Gasteiger partial charge in [0.2, 0.25) is 0 Å². The fourth-order valence-corrected chi connectivity index (χ4v) is 3.19. The Morgan fingerprint density at radius 1 is 1.62 bits per heavy atom. The second kappa shape index (κ2) is 4.47. The Hall–Kier alpha value is -0.380. The van der Waals surface area contributed by atoms with E-state index in [-0.39, 0.29) is 11.5 Å². The van der Waals surface area contributed by atoms with Gasteiger partial charge in [-0.15, -0.1) is 11.3 Å². The van der Waals surface area contributed by atoms with Gasteiger partial charge in [0.15, 0.2) is 0 Å². The SMILES string of the molecule is CCC(NC1CC(O)C1(C)C)c1cccs1. The molecule has 2 N–H and O–H groups in total. The first kappa shape index (κ1) is 12.1. The predicted octanol–water partition coefficient (Wildman–Crippen LogP) is 2.95. The summed E-state index contributed by atoms with van der Waals surface area (Å²) >= 11 is 1.81. The van der Waals surface area contributed by atoms with E-state index in [2.05, 4.69) is 43.6 Å². The van der Waals surface area contributed by atoms with Gasteiger partial charge in [0.05, 0.1) is 6.10 Å². The number of thiophene rings is 1. The lowest BCUT2D eigenvalue weighted by atomic mass is 9.64. The molecular formula is C13H21NOS. The van der Waals surface area contributed by atoms with Crippen LogP contribution in [-0.2, 0) is 0 Å². The lowest BCUT2D eigenvalue weighted by molar-refractivity contribution is -0.0761. The van der Waals surface area contributed by atoms with Crippen LogP contribution < -0.4 is 5.32 Å². The van der Waals surface area contributed by atoms with Crippen LogP contribution in [0.4, 0.5) is 0 Å². The lowest BCUT2D eigenvalue weighted by Gasteiger charge is -2.50. The third-order valence-corrected chi connectivity index (χ3v) is 4.90. The van der Waals surface area contributed by atoms with E-state index in [0.29, 0.717) is 12.1 Å². The summed E-state index contributed by atoms with van der Waals surface area (Å²) in [4.78, 5) is 1.40. The van der Waals surface area contributed by atoms with Crippen molar-refractivity contribution < 1.29 is 5.11 Å². The molecule has 1 aliphatic rings. The molecule has 1 aromatic rings. The van der Waals surface area contributed by atoms with Gasteiger partial charge in [0.1, 0.15) is 0 Å². The monoisotopic (exact) mass is 239 g/mol. The van der Waals surface area contributed by atoms with Crippen LogP contribution in [0, 0.1) is 5.41 Å². The molecule has 2 nitrogen and oxygen atoms in total. The zero-order chi connectivity index (χ0) is 11.8. The molecule has 0 aliphatic heterocycles. The molecule has 3 atom stereocenters. The minimum atomic E-state index is -0.147. The Morgan fingerprint density at radius 2 is 2.38 bits per heavy atom. The van der Waals surface area contributed by atoms with Crippen LogP contribution in [0.5, 0.6) is 0 Å². The number of hydrogen-bond donors (Lipinski definition) is 2. The Bertz CT molecular complexity index is 334. The number of aliphatic hydroxyl groups is 1. The van der Waals surface area contributed by atoms with Crippen LogP contribution in [0.25, 0.3) is 0 Å². The summed E-state index contributed by atoms with van der Waals surface area (Å²) in [5.41, 5.74) is 0.0185. The Morgan fingerprint density at radius 3 is 2.81 bits per heavy atom. The molecule has 0 saturated heterocycles. The Balaban J connectivity index is 1.99. The first-order valence-electron chi connectivity index (χ1n) is 6.03. The number of rotatable bonds is 4. The van der Waals surface area contributed by atoms with Gasteiger partial charge in [-0.25, -0.2) is 0 Å². The Labute approximate surface area is 102 Å². The van der Waals surface area contributed by atoms with E-state index in [1.165, 1.54) is 4.88 Å². The summed E-state index contributed by atoms with van der Waals surface area (Å²) in [6.07, 6.45) is 1.84. The van der Waals surface area contributed by atoms with Crippen LogP contribution >= 0.6 is 11.3 Å². The van der Waals surface area contributed by atoms with Crippen molar-refractivity contribution in [2.45, 2.75) is 51.8 Å². The number of aliphatic hydroxyl groups excluding tert-OH is 1. The smallest absolute Gasteiger partial charge is 0.0621 e. The van der Waals surface area contributed by atoms with E-state index in [9.17, 15) is 5.11 Å². The maximum atomic E-state index is 9.72. The fourth-order valence-electron chi connectivity index (χ4n) is 2.32. The maximum absolute atomic E-state index is 9.72. The summed E-state index contributed by atoms with van der Waals surface area (Å²) in [5.74, 6) is 0. The second-order valence-electron chi connectivity index (χ2n) is 5.27. The molecule has 3 heteroatoms. The topological polar surface area (TPSA) is 32.3 Å². The minimum absolute atomic E-state index is 0.0185. The molecule has 0 spiro atoms. The Kier molecular flexibility index (Phi) is 3.38. The standard InChI is InChI=1S/C13H21NOS/c1-4-9(10-6-5-7-16-10)14-11-8-12(15)13(11,2)3/h5-7,9,11-12,14-15H,4,8H2,1-3H3. The van der Waals surface area contributed by atoms with Crippen molar-refractivity contribution in [1.29, 1.82) is 0 Å². The van der Waals surface area contributed by atoms with Gasteiger partial charge in [0.25, 0.3) is 0 Å². The van der Waals surface area contributed by atoms with Gasteiger partial charge in [-0.2, -0.15) is 0 Å². The molecule has 0 aromatic carbocycles. The highest BCUT2D eigenvalue weighted by Crippen LogP contribution is 2.42. The maximum Gasteiger partial charge on any atom is 0.0621 e. The molecule has 1 fully saturated rings. The molecule has 0 bridgehead atoms. The van der Waals surface area contributed by atoms with Crippen LogP contribution in [-0.4, -0.2) is 17.3 Å². The van der Waals surface area contributed by atoms with Crippen molar-refractivity contribution in [3.63, 3.8) is 0 Å². The second-order valence-corrected chi connectivity index (χ2v) is 6.25. The van der Waals surface area contributed by atoms with Gasteiger partial charge in [-0.3, -0.25) is 0 Å². The minimum Gasteiger partial charge on any atom is -0.392 e. The van der Waals surface area contributed by atoms with E-state index in [0.717, 1.165) is 12.8 Å². The van der Waals surface area contributed by atoms with Crippen molar-refractivity contribution in [1.82, 2.24) is 5.32 Å². The molecule has 0 radical (unpaired) electrons. The molecule has 16 heavy (non-hydrogen) atoms. The van der Waals surface area contributed by atoms with E-state index in [1.807, 2.05) is 11.3 Å². The quantitative estimate of drug-likeness (QED) is 0.846. The van der Waals surface area contributed by atoms with Crippen molar-refractivity contribution in [3.8, 4) is 0 Å². The molecule has 1 aromatic heterocycles. The van der Waals surface area contributed by atoms with Crippen molar-refractivity contribution in [3.05, 3.63) is 22.4 Å². The molecule has 90 valence electrons. The molecule has 2 rings (SSSR count). The summed E-state index contributed by atoms with van der Waals surface area (Å²) in [5, 5.41) is 15.5. The highest BCUT2D eigenvalue weighted by molar-refractivity contribution is 7.10. The van der Waals surface area contributed by atoms with E-state index in [1.54, 1.807) is 0 Å². The van der Waals surface area contributed by atoms with Gasteiger partial charge < -0.3 is 10.4 Å². The van der Waals surface area contributed by atoms with Crippen LogP contribution in [0.15, 0.2) is 17.5 Å². The third kappa shape index (κ3) is 2.04. The first-order valence-corrected chi connectivity index (χ1v) is 6.91. The zero-order valence-electron chi connectivity index (χ0n) is 10.2. The molecule has 0 amide bonds. The number of hydrogen-bond acceptors (Lipinski definition) is 3. The van der Waals surface area contributed by atoms with Crippen molar-refractivity contribution in [2.24, 2.45) is 5.41 Å². The van der Waals surface area contributed by atoms with Gasteiger partial charge in [-0.1, -0.05) is 26.8 Å². The van der Waals surface area contributed by atoms with Crippen LogP contribution in [0.2, 0.25) is 0 Å². The average molecular weight is 239 g/mol. The summed E-state index contributed by atoms with van der Waals surface area (Å²) in [6, 6.07) is 5.17. The van der Waals surface area contributed by atoms with Gasteiger partial charge >= 0.3 is 0 Å². The van der Waals surface area contributed by atoms with Gasteiger partial charge in [0, 0.05) is 22.4 Å². The molecule has 1 saturated carbocycles.